The molecular weight excluding hydrogens is 202 g/mol. The third-order valence-electron chi connectivity index (χ3n) is 3.45. The summed E-state index contributed by atoms with van der Waals surface area (Å²) in [6, 6.07) is 0.378. The minimum atomic E-state index is -0.00985. The Balaban J connectivity index is 2.64. The molecule has 1 aliphatic heterocycles. The topological polar surface area (TPSA) is 35.6 Å². The maximum atomic E-state index is 12.2. The third kappa shape index (κ3) is 2.74. The maximum absolute atomic E-state index is 12.2. The molecule has 1 aliphatic rings. The molecule has 16 heavy (non-hydrogen) atoms. The Kier molecular flexibility index (Phi) is 4.33. The van der Waals surface area contributed by atoms with E-state index in [0.717, 1.165) is 6.54 Å². The largest absolute Gasteiger partial charge is 0.325 e. The van der Waals surface area contributed by atoms with Crippen LogP contribution in [0.25, 0.3) is 0 Å². The van der Waals surface area contributed by atoms with Gasteiger partial charge in [0.05, 0.1) is 12.2 Å². The minimum Gasteiger partial charge on any atom is -0.325 e. The van der Waals surface area contributed by atoms with Crippen molar-refractivity contribution in [3.63, 3.8) is 0 Å². The molecule has 0 radical (unpaired) electrons. The number of nitrogens with one attached hydrogen (secondary N) is 1. The predicted octanol–water partition coefficient (Wildman–Crippen LogP) is 0.739. The van der Waals surface area contributed by atoms with E-state index in [0.29, 0.717) is 12.0 Å². The molecule has 0 aromatic carbocycles. The van der Waals surface area contributed by atoms with E-state index < -0.39 is 0 Å². The fraction of sp³-hybridized carbons (Fsp3) is 0.917. The number of amides is 1. The average molecular weight is 227 g/mol. The van der Waals surface area contributed by atoms with Gasteiger partial charge in [0.1, 0.15) is 0 Å². The number of nitrogens with zero attached hydrogens (tertiary/aromatic N) is 2. The molecule has 1 amide bonds. The summed E-state index contributed by atoms with van der Waals surface area (Å²) in [5.41, 5.74) is 0. The van der Waals surface area contributed by atoms with E-state index in [1.807, 2.05) is 19.0 Å². The molecule has 4 heteroatoms. The normalized spacial score (nSPS) is 28.2. The molecule has 1 heterocycles. The summed E-state index contributed by atoms with van der Waals surface area (Å²) in [5, 5.41) is 3.36. The van der Waals surface area contributed by atoms with Gasteiger partial charge in [-0.15, -0.1) is 0 Å². The number of hydrogen-bond donors (Lipinski definition) is 1. The van der Waals surface area contributed by atoms with Crippen LogP contribution in [0.4, 0.5) is 0 Å². The first kappa shape index (κ1) is 13.5. The van der Waals surface area contributed by atoms with Gasteiger partial charge in [-0.05, 0) is 33.9 Å². The Morgan fingerprint density at radius 3 is 2.31 bits per heavy atom. The van der Waals surface area contributed by atoms with Crippen molar-refractivity contribution < 1.29 is 4.79 Å². The van der Waals surface area contributed by atoms with Crippen molar-refractivity contribution >= 4 is 5.91 Å². The first-order valence-electron chi connectivity index (χ1n) is 6.07. The van der Waals surface area contributed by atoms with E-state index in [9.17, 15) is 4.79 Å². The second kappa shape index (κ2) is 5.15. The molecule has 1 rings (SSSR count). The Morgan fingerprint density at radius 1 is 1.38 bits per heavy atom. The summed E-state index contributed by atoms with van der Waals surface area (Å²) in [4.78, 5) is 16.3. The van der Waals surface area contributed by atoms with Gasteiger partial charge >= 0.3 is 0 Å². The third-order valence-corrected chi connectivity index (χ3v) is 3.45. The number of rotatable bonds is 4. The second-order valence-corrected chi connectivity index (χ2v) is 5.37. The lowest BCUT2D eigenvalue weighted by molar-refractivity contribution is -0.131. The summed E-state index contributed by atoms with van der Waals surface area (Å²) in [7, 11) is 4.09. The van der Waals surface area contributed by atoms with Crippen molar-refractivity contribution in [2.75, 3.05) is 20.6 Å². The molecule has 0 aliphatic carbocycles. The zero-order valence-electron chi connectivity index (χ0n) is 11.3. The zero-order valence-corrected chi connectivity index (χ0v) is 11.3. The van der Waals surface area contributed by atoms with Gasteiger partial charge in [0.2, 0.25) is 5.91 Å². The SMILES string of the molecule is CC(C)C1NC(C)N(CC(C)N(C)C)C1=O. The van der Waals surface area contributed by atoms with Crippen LogP contribution in [0.3, 0.4) is 0 Å². The molecule has 1 N–H and O–H groups in total. The van der Waals surface area contributed by atoms with Gasteiger partial charge < -0.3 is 9.80 Å². The summed E-state index contributed by atoms with van der Waals surface area (Å²) < 4.78 is 0. The van der Waals surface area contributed by atoms with Gasteiger partial charge in [-0.3, -0.25) is 10.1 Å². The standard InChI is InChI=1S/C12H25N3O/c1-8(2)11-12(16)15(10(4)13-11)7-9(3)14(5)6/h8-11,13H,7H2,1-6H3. The Labute approximate surface area is 99.0 Å². The van der Waals surface area contributed by atoms with Crippen molar-refractivity contribution in [3.05, 3.63) is 0 Å². The predicted molar refractivity (Wildman–Crippen MR) is 66.1 cm³/mol. The Morgan fingerprint density at radius 2 is 1.94 bits per heavy atom. The average Bonchev–Trinajstić information content (AvgIpc) is 2.45. The van der Waals surface area contributed by atoms with Crippen LogP contribution in [-0.4, -0.2) is 54.6 Å². The van der Waals surface area contributed by atoms with Crippen molar-refractivity contribution in [2.24, 2.45) is 5.92 Å². The van der Waals surface area contributed by atoms with Crippen molar-refractivity contribution in [2.45, 2.75) is 45.9 Å². The molecule has 1 saturated heterocycles. The summed E-state index contributed by atoms with van der Waals surface area (Å²) in [5.74, 6) is 0.603. The smallest absolute Gasteiger partial charge is 0.241 e. The summed E-state index contributed by atoms with van der Waals surface area (Å²) in [6.45, 7) is 9.16. The Bertz CT molecular complexity index is 253. The van der Waals surface area contributed by atoms with Crippen LogP contribution < -0.4 is 5.32 Å². The van der Waals surface area contributed by atoms with E-state index in [4.69, 9.17) is 0 Å². The number of carbonyl (C=O) groups excluding carboxylic acids is 1. The fourth-order valence-corrected chi connectivity index (χ4v) is 1.96. The van der Waals surface area contributed by atoms with Crippen LogP contribution in [0.5, 0.6) is 0 Å². The molecule has 4 nitrogen and oxygen atoms in total. The van der Waals surface area contributed by atoms with Crippen molar-refractivity contribution in [1.82, 2.24) is 15.1 Å². The van der Waals surface area contributed by atoms with Crippen LogP contribution in [0, 0.1) is 5.92 Å². The van der Waals surface area contributed by atoms with Crippen LogP contribution in [0.1, 0.15) is 27.7 Å². The molecule has 94 valence electrons. The zero-order chi connectivity index (χ0) is 12.5. The van der Waals surface area contributed by atoms with Crippen LogP contribution in [0.2, 0.25) is 0 Å². The monoisotopic (exact) mass is 227 g/mol. The first-order valence-corrected chi connectivity index (χ1v) is 6.07. The molecule has 0 spiro atoms. The van der Waals surface area contributed by atoms with Gasteiger partial charge in [-0.25, -0.2) is 0 Å². The molecular formula is C12H25N3O. The van der Waals surface area contributed by atoms with Crippen molar-refractivity contribution in [3.8, 4) is 0 Å². The van der Waals surface area contributed by atoms with Gasteiger partial charge in [-0.2, -0.15) is 0 Å². The molecule has 0 bridgehead atoms. The van der Waals surface area contributed by atoms with Gasteiger partial charge in [0, 0.05) is 12.6 Å². The van der Waals surface area contributed by atoms with Gasteiger partial charge in [-0.1, -0.05) is 13.8 Å². The maximum Gasteiger partial charge on any atom is 0.241 e. The summed E-state index contributed by atoms with van der Waals surface area (Å²) >= 11 is 0. The quantitative estimate of drug-likeness (QED) is 0.769. The number of likely N-dealkylation sites (N-methyl/N-ethyl adjacent to an activating group) is 1. The van der Waals surface area contributed by atoms with Crippen molar-refractivity contribution in [1.29, 1.82) is 0 Å². The first-order chi connectivity index (χ1) is 7.34. The van der Waals surface area contributed by atoms with Crippen LogP contribution in [0.15, 0.2) is 0 Å². The molecule has 1 fully saturated rings. The Hall–Kier alpha value is -0.610. The van der Waals surface area contributed by atoms with Gasteiger partial charge in [0.15, 0.2) is 0 Å². The highest BCUT2D eigenvalue weighted by atomic mass is 16.2. The number of carbonyl (C=O) groups is 1. The molecule has 0 aromatic heterocycles. The van der Waals surface area contributed by atoms with Crippen LogP contribution >= 0.6 is 0 Å². The van der Waals surface area contributed by atoms with E-state index in [-0.39, 0.29) is 18.1 Å². The minimum absolute atomic E-state index is 0.00985. The molecule has 3 atom stereocenters. The molecule has 0 saturated carbocycles. The molecule has 3 unspecified atom stereocenters. The lowest BCUT2D eigenvalue weighted by atomic mass is 10.1. The lowest BCUT2D eigenvalue weighted by Gasteiger charge is -2.28. The van der Waals surface area contributed by atoms with Crippen LogP contribution in [-0.2, 0) is 4.79 Å². The molecule has 0 aromatic rings. The van der Waals surface area contributed by atoms with E-state index in [1.54, 1.807) is 0 Å². The highest BCUT2D eigenvalue weighted by Crippen LogP contribution is 2.17. The van der Waals surface area contributed by atoms with E-state index in [2.05, 4.69) is 37.9 Å². The highest BCUT2D eigenvalue weighted by Gasteiger charge is 2.38. The number of hydrogen-bond acceptors (Lipinski definition) is 3. The summed E-state index contributed by atoms with van der Waals surface area (Å²) in [6.07, 6.45) is 0.155. The fourth-order valence-electron chi connectivity index (χ4n) is 1.96. The van der Waals surface area contributed by atoms with Gasteiger partial charge in [0.25, 0.3) is 0 Å². The van der Waals surface area contributed by atoms with E-state index >= 15 is 0 Å². The van der Waals surface area contributed by atoms with E-state index in [1.165, 1.54) is 0 Å². The lowest BCUT2D eigenvalue weighted by Crippen LogP contribution is -2.43. The highest BCUT2D eigenvalue weighted by molar-refractivity contribution is 5.84. The second-order valence-electron chi connectivity index (χ2n) is 5.37.